The summed E-state index contributed by atoms with van der Waals surface area (Å²) in [5.41, 5.74) is -0.421. The average Bonchev–Trinajstić information content (AvgIpc) is 2.53. The lowest BCUT2D eigenvalue weighted by Gasteiger charge is -2.26. The van der Waals surface area contributed by atoms with E-state index in [0.29, 0.717) is 0 Å². The third kappa shape index (κ3) is 2.03. The van der Waals surface area contributed by atoms with Crippen LogP contribution in [0.5, 0.6) is 0 Å². The molecule has 1 aliphatic rings. The Labute approximate surface area is 92.1 Å². The molecule has 2 unspecified atom stereocenters. The van der Waals surface area contributed by atoms with Gasteiger partial charge in [-0.2, -0.15) is 0 Å². The SMILES string of the molecule is CC#CC1(CC)OC(OC)[C@@H](OC)[C@H]1C. The highest BCUT2D eigenvalue weighted by atomic mass is 16.7. The summed E-state index contributed by atoms with van der Waals surface area (Å²) in [4.78, 5) is 0. The van der Waals surface area contributed by atoms with Crippen LogP contribution in [0.3, 0.4) is 0 Å². The summed E-state index contributed by atoms with van der Waals surface area (Å²) in [5.74, 6) is 6.30. The number of rotatable bonds is 3. The van der Waals surface area contributed by atoms with Crippen LogP contribution in [0.2, 0.25) is 0 Å². The van der Waals surface area contributed by atoms with Gasteiger partial charge < -0.3 is 14.2 Å². The van der Waals surface area contributed by atoms with Gasteiger partial charge in [-0.25, -0.2) is 0 Å². The molecule has 4 atom stereocenters. The average molecular weight is 212 g/mol. The molecule has 0 saturated carbocycles. The number of hydrogen-bond donors (Lipinski definition) is 0. The molecule has 1 fully saturated rings. The smallest absolute Gasteiger partial charge is 0.185 e. The predicted molar refractivity (Wildman–Crippen MR) is 58.3 cm³/mol. The molecule has 0 aromatic carbocycles. The maximum Gasteiger partial charge on any atom is 0.185 e. The predicted octanol–water partition coefficient (Wildman–Crippen LogP) is 1.81. The highest BCUT2D eigenvalue weighted by Crippen LogP contribution is 2.39. The Morgan fingerprint density at radius 3 is 2.33 bits per heavy atom. The zero-order valence-corrected chi connectivity index (χ0v) is 10.2. The molecule has 86 valence electrons. The van der Waals surface area contributed by atoms with Crippen molar-refractivity contribution in [2.24, 2.45) is 5.92 Å². The van der Waals surface area contributed by atoms with Gasteiger partial charge in [0.1, 0.15) is 11.7 Å². The zero-order chi connectivity index (χ0) is 11.5. The molecule has 1 aliphatic heterocycles. The fraction of sp³-hybridized carbons (Fsp3) is 0.833. The fourth-order valence-corrected chi connectivity index (χ4v) is 2.23. The molecular formula is C12H20O3. The van der Waals surface area contributed by atoms with E-state index in [0.717, 1.165) is 6.42 Å². The third-order valence-corrected chi connectivity index (χ3v) is 3.19. The minimum atomic E-state index is -0.421. The summed E-state index contributed by atoms with van der Waals surface area (Å²) in [6, 6.07) is 0. The maximum absolute atomic E-state index is 5.88. The van der Waals surface area contributed by atoms with Crippen molar-refractivity contribution in [3.8, 4) is 11.8 Å². The molecular weight excluding hydrogens is 192 g/mol. The normalized spacial score (nSPS) is 39.9. The third-order valence-electron chi connectivity index (χ3n) is 3.19. The topological polar surface area (TPSA) is 27.7 Å². The fourth-order valence-electron chi connectivity index (χ4n) is 2.23. The van der Waals surface area contributed by atoms with E-state index >= 15 is 0 Å². The monoisotopic (exact) mass is 212 g/mol. The van der Waals surface area contributed by atoms with Crippen molar-refractivity contribution in [1.82, 2.24) is 0 Å². The first-order valence-corrected chi connectivity index (χ1v) is 5.32. The molecule has 0 spiro atoms. The molecule has 1 heterocycles. The van der Waals surface area contributed by atoms with Crippen LogP contribution >= 0.6 is 0 Å². The lowest BCUT2D eigenvalue weighted by molar-refractivity contribution is -0.168. The standard InChI is InChI=1S/C12H20O3/c1-6-8-12(7-2)9(3)10(13-4)11(14-5)15-12/h9-11H,7H2,1-5H3/t9-,10+,11?,12?/m1/s1. The Bertz CT molecular complexity index is 266. The van der Waals surface area contributed by atoms with Crippen molar-refractivity contribution < 1.29 is 14.2 Å². The van der Waals surface area contributed by atoms with Crippen LogP contribution in [0.1, 0.15) is 27.2 Å². The Balaban J connectivity index is 2.96. The van der Waals surface area contributed by atoms with Crippen LogP contribution in [0.15, 0.2) is 0 Å². The highest BCUT2D eigenvalue weighted by Gasteiger charge is 2.51. The summed E-state index contributed by atoms with van der Waals surface area (Å²) < 4.78 is 16.6. The van der Waals surface area contributed by atoms with Crippen LogP contribution in [0.25, 0.3) is 0 Å². The van der Waals surface area contributed by atoms with E-state index in [2.05, 4.69) is 25.7 Å². The second kappa shape index (κ2) is 4.98. The van der Waals surface area contributed by atoms with Crippen molar-refractivity contribution in [1.29, 1.82) is 0 Å². The number of methoxy groups -OCH3 is 2. The van der Waals surface area contributed by atoms with Gasteiger partial charge in [-0.3, -0.25) is 0 Å². The van der Waals surface area contributed by atoms with Gasteiger partial charge in [-0.15, -0.1) is 5.92 Å². The Kier molecular flexibility index (Phi) is 4.15. The molecule has 3 heteroatoms. The van der Waals surface area contributed by atoms with Gasteiger partial charge in [0.15, 0.2) is 6.29 Å². The number of ether oxygens (including phenoxy) is 3. The van der Waals surface area contributed by atoms with Gasteiger partial charge in [-0.05, 0) is 13.3 Å². The Morgan fingerprint density at radius 2 is 2.00 bits per heavy atom. The van der Waals surface area contributed by atoms with Gasteiger partial charge in [0, 0.05) is 20.1 Å². The van der Waals surface area contributed by atoms with Crippen LogP contribution in [0, 0.1) is 17.8 Å². The molecule has 0 N–H and O–H groups in total. The molecule has 0 aromatic heterocycles. The molecule has 0 radical (unpaired) electrons. The maximum atomic E-state index is 5.88. The van der Waals surface area contributed by atoms with E-state index < -0.39 is 5.60 Å². The minimum Gasteiger partial charge on any atom is -0.376 e. The first-order valence-electron chi connectivity index (χ1n) is 5.32. The second-order valence-corrected chi connectivity index (χ2v) is 3.83. The van der Waals surface area contributed by atoms with Crippen molar-refractivity contribution >= 4 is 0 Å². The van der Waals surface area contributed by atoms with Crippen molar-refractivity contribution in [2.45, 2.75) is 45.2 Å². The van der Waals surface area contributed by atoms with Gasteiger partial charge >= 0.3 is 0 Å². The first kappa shape index (κ1) is 12.5. The largest absolute Gasteiger partial charge is 0.376 e. The lowest BCUT2D eigenvalue weighted by Crippen LogP contribution is -2.35. The molecule has 15 heavy (non-hydrogen) atoms. The quantitative estimate of drug-likeness (QED) is 0.668. The van der Waals surface area contributed by atoms with Crippen LogP contribution in [0.4, 0.5) is 0 Å². The molecule has 0 bridgehead atoms. The molecule has 1 rings (SSSR count). The van der Waals surface area contributed by atoms with E-state index in [9.17, 15) is 0 Å². The van der Waals surface area contributed by atoms with E-state index in [-0.39, 0.29) is 18.3 Å². The van der Waals surface area contributed by atoms with Crippen LogP contribution < -0.4 is 0 Å². The zero-order valence-electron chi connectivity index (χ0n) is 10.2. The van der Waals surface area contributed by atoms with Crippen LogP contribution in [-0.2, 0) is 14.2 Å². The summed E-state index contributed by atoms with van der Waals surface area (Å²) >= 11 is 0. The summed E-state index contributed by atoms with van der Waals surface area (Å²) in [5, 5.41) is 0. The van der Waals surface area contributed by atoms with Crippen molar-refractivity contribution in [3.63, 3.8) is 0 Å². The molecule has 3 nitrogen and oxygen atoms in total. The molecule has 0 amide bonds. The summed E-state index contributed by atoms with van der Waals surface area (Å²) in [7, 11) is 3.32. The molecule has 0 aromatic rings. The summed E-state index contributed by atoms with van der Waals surface area (Å²) in [6.45, 7) is 6.00. The van der Waals surface area contributed by atoms with Crippen molar-refractivity contribution in [2.75, 3.05) is 14.2 Å². The lowest BCUT2D eigenvalue weighted by atomic mass is 9.85. The Morgan fingerprint density at radius 1 is 1.33 bits per heavy atom. The van der Waals surface area contributed by atoms with Crippen molar-refractivity contribution in [3.05, 3.63) is 0 Å². The van der Waals surface area contributed by atoms with E-state index in [1.165, 1.54) is 0 Å². The number of hydrogen-bond acceptors (Lipinski definition) is 3. The molecule has 0 aliphatic carbocycles. The molecule has 1 saturated heterocycles. The first-order chi connectivity index (χ1) is 7.15. The second-order valence-electron chi connectivity index (χ2n) is 3.83. The van der Waals surface area contributed by atoms with Gasteiger partial charge in [0.05, 0.1) is 0 Å². The van der Waals surface area contributed by atoms with E-state index in [1.54, 1.807) is 14.2 Å². The van der Waals surface area contributed by atoms with E-state index in [1.807, 2.05) is 6.92 Å². The van der Waals surface area contributed by atoms with E-state index in [4.69, 9.17) is 14.2 Å². The highest BCUT2D eigenvalue weighted by molar-refractivity contribution is 5.19. The van der Waals surface area contributed by atoms with Crippen LogP contribution in [-0.4, -0.2) is 32.2 Å². The summed E-state index contributed by atoms with van der Waals surface area (Å²) in [6.07, 6.45) is 0.482. The Hall–Kier alpha value is -0.560. The van der Waals surface area contributed by atoms with Gasteiger partial charge in [0.2, 0.25) is 0 Å². The van der Waals surface area contributed by atoms with Gasteiger partial charge in [-0.1, -0.05) is 19.8 Å². The minimum absolute atomic E-state index is 0.0456. The van der Waals surface area contributed by atoms with Gasteiger partial charge in [0.25, 0.3) is 0 Å².